The van der Waals surface area contributed by atoms with Crippen LogP contribution in [-0.2, 0) is 11.3 Å². The van der Waals surface area contributed by atoms with Crippen LogP contribution in [0.3, 0.4) is 0 Å². The summed E-state index contributed by atoms with van der Waals surface area (Å²) in [5, 5.41) is 5.04. The van der Waals surface area contributed by atoms with Crippen molar-refractivity contribution in [2.24, 2.45) is 0 Å². The highest BCUT2D eigenvalue weighted by Crippen LogP contribution is 2.20. The molecule has 18 heavy (non-hydrogen) atoms. The van der Waals surface area contributed by atoms with E-state index >= 15 is 0 Å². The molecule has 1 aromatic carbocycles. The Kier molecular flexibility index (Phi) is 4.93. The van der Waals surface area contributed by atoms with Crippen LogP contribution in [0.5, 0.6) is 0 Å². The molecule has 4 heteroatoms. The molecule has 0 aliphatic rings. The monoisotopic (exact) mass is 264 g/mol. The van der Waals surface area contributed by atoms with Gasteiger partial charge in [0, 0.05) is 31.2 Å². The summed E-state index contributed by atoms with van der Waals surface area (Å²) in [6, 6.07) is 10.1. The average Bonchev–Trinajstić information content (AvgIpc) is 2.39. The lowest BCUT2D eigenvalue weighted by Gasteiger charge is -2.07. The molecule has 1 N–H and O–H groups in total. The first-order valence-corrected chi connectivity index (χ1v) is 6.43. The van der Waals surface area contributed by atoms with Crippen molar-refractivity contribution < 1.29 is 4.74 Å². The number of nitrogens with zero attached hydrogens (tertiary/aromatic N) is 1. The molecule has 2 rings (SSSR count). The summed E-state index contributed by atoms with van der Waals surface area (Å²) >= 11 is 6.17. The number of para-hydroxylation sites is 1. The van der Waals surface area contributed by atoms with E-state index in [9.17, 15) is 0 Å². The Morgan fingerprint density at radius 2 is 2.17 bits per heavy atom. The van der Waals surface area contributed by atoms with E-state index in [2.05, 4.69) is 16.4 Å². The van der Waals surface area contributed by atoms with E-state index in [4.69, 9.17) is 16.3 Å². The van der Waals surface area contributed by atoms with Gasteiger partial charge in [0.15, 0.2) is 0 Å². The van der Waals surface area contributed by atoms with Crippen LogP contribution in [0.15, 0.2) is 30.3 Å². The first-order valence-electron chi connectivity index (χ1n) is 6.05. The molecule has 0 fully saturated rings. The van der Waals surface area contributed by atoms with Gasteiger partial charge in [0.25, 0.3) is 0 Å². The zero-order chi connectivity index (χ0) is 12.8. The second-order valence-electron chi connectivity index (χ2n) is 4.15. The third-order valence-corrected chi connectivity index (χ3v) is 3.09. The number of benzene rings is 1. The van der Waals surface area contributed by atoms with Gasteiger partial charge in [-0.05, 0) is 25.1 Å². The fraction of sp³-hybridized carbons (Fsp3) is 0.357. The lowest BCUT2D eigenvalue weighted by atomic mass is 10.1. The highest BCUT2D eigenvalue weighted by atomic mass is 35.5. The van der Waals surface area contributed by atoms with Crippen molar-refractivity contribution in [3.8, 4) is 0 Å². The number of methoxy groups -OCH3 is 1. The largest absolute Gasteiger partial charge is 0.385 e. The Morgan fingerprint density at radius 1 is 1.33 bits per heavy atom. The number of rotatable bonds is 6. The van der Waals surface area contributed by atoms with E-state index in [1.54, 1.807) is 7.11 Å². The molecule has 0 saturated carbocycles. The molecule has 0 aliphatic heterocycles. The number of halogens is 1. The maximum absolute atomic E-state index is 6.17. The second-order valence-corrected chi connectivity index (χ2v) is 4.51. The summed E-state index contributed by atoms with van der Waals surface area (Å²) in [5.74, 6) is 0. The molecule has 0 saturated heterocycles. The van der Waals surface area contributed by atoms with Gasteiger partial charge in [-0.1, -0.05) is 29.8 Å². The Balaban J connectivity index is 2.01. The maximum Gasteiger partial charge on any atom is 0.134 e. The van der Waals surface area contributed by atoms with Crippen molar-refractivity contribution in [2.75, 3.05) is 20.3 Å². The van der Waals surface area contributed by atoms with Crippen molar-refractivity contribution >= 4 is 22.5 Å². The van der Waals surface area contributed by atoms with Crippen molar-refractivity contribution in [3.05, 3.63) is 41.0 Å². The minimum atomic E-state index is 0.577. The molecule has 0 unspecified atom stereocenters. The number of hydrogen-bond donors (Lipinski definition) is 1. The molecular weight excluding hydrogens is 248 g/mol. The van der Waals surface area contributed by atoms with Gasteiger partial charge in [-0.2, -0.15) is 0 Å². The first-order chi connectivity index (χ1) is 8.81. The first kappa shape index (κ1) is 13.3. The molecule has 0 bridgehead atoms. The lowest BCUT2D eigenvalue weighted by Crippen LogP contribution is -2.16. The Labute approximate surface area is 112 Å². The summed E-state index contributed by atoms with van der Waals surface area (Å²) in [6.07, 6.45) is 0.995. The van der Waals surface area contributed by atoms with Gasteiger partial charge in [0.2, 0.25) is 0 Å². The highest BCUT2D eigenvalue weighted by molar-refractivity contribution is 6.30. The van der Waals surface area contributed by atoms with Crippen LogP contribution in [0.2, 0.25) is 5.15 Å². The summed E-state index contributed by atoms with van der Waals surface area (Å²) < 4.78 is 5.00. The summed E-state index contributed by atoms with van der Waals surface area (Å²) in [6.45, 7) is 2.42. The number of hydrogen-bond acceptors (Lipinski definition) is 3. The molecule has 96 valence electrons. The van der Waals surface area contributed by atoms with Crippen molar-refractivity contribution in [1.82, 2.24) is 10.3 Å². The minimum Gasteiger partial charge on any atom is -0.385 e. The summed E-state index contributed by atoms with van der Waals surface area (Å²) in [5.41, 5.74) is 1.97. The van der Waals surface area contributed by atoms with Crippen LogP contribution < -0.4 is 5.32 Å². The lowest BCUT2D eigenvalue weighted by molar-refractivity contribution is 0.194. The summed E-state index contributed by atoms with van der Waals surface area (Å²) in [4.78, 5) is 4.39. The molecule has 2 aromatic rings. The molecule has 0 amide bonds. The van der Waals surface area contributed by atoms with Crippen LogP contribution in [0.1, 0.15) is 12.0 Å². The van der Waals surface area contributed by atoms with Gasteiger partial charge < -0.3 is 10.1 Å². The number of pyridine rings is 1. The van der Waals surface area contributed by atoms with Crippen LogP contribution >= 0.6 is 11.6 Å². The number of ether oxygens (including phenoxy) is 1. The van der Waals surface area contributed by atoms with Crippen LogP contribution in [0.25, 0.3) is 10.9 Å². The third-order valence-electron chi connectivity index (χ3n) is 2.77. The van der Waals surface area contributed by atoms with Crippen molar-refractivity contribution in [3.63, 3.8) is 0 Å². The van der Waals surface area contributed by atoms with Crippen molar-refractivity contribution in [2.45, 2.75) is 13.0 Å². The Hall–Kier alpha value is -1.16. The zero-order valence-corrected chi connectivity index (χ0v) is 11.2. The Bertz CT molecular complexity index is 516. The molecule has 0 spiro atoms. The SMILES string of the molecule is COCCCNCc1cc2ccccc2nc1Cl. The zero-order valence-electron chi connectivity index (χ0n) is 10.4. The fourth-order valence-corrected chi connectivity index (χ4v) is 2.04. The molecule has 0 radical (unpaired) electrons. The molecule has 0 atom stereocenters. The van der Waals surface area contributed by atoms with Gasteiger partial charge in [0.05, 0.1) is 5.52 Å². The smallest absolute Gasteiger partial charge is 0.134 e. The van der Waals surface area contributed by atoms with Gasteiger partial charge in [-0.3, -0.25) is 0 Å². The van der Waals surface area contributed by atoms with Crippen LogP contribution in [0.4, 0.5) is 0 Å². The number of fused-ring (bicyclic) bond motifs is 1. The van der Waals surface area contributed by atoms with E-state index in [0.717, 1.165) is 42.6 Å². The van der Waals surface area contributed by atoms with Crippen molar-refractivity contribution in [1.29, 1.82) is 0 Å². The van der Waals surface area contributed by atoms with E-state index in [1.807, 2.05) is 24.3 Å². The predicted molar refractivity (Wildman–Crippen MR) is 75.0 cm³/mol. The molecule has 1 aromatic heterocycles. The summed E-state index contributed by atoms with van der Waals surface area (Å²) in [7, 11) is 1.71. The topological polar surface area (TPSA) is 34.1 Å². The standard InChI is InChI=1S/C14H17ClN2O/c1-18-8-4-7-16-10-12-9-11-5-2-3-6-13(11)17-14(12)15/h2-3,5-6,9,16H,4,7-8,10H2,1H3. The van der Waals surface area contributed by atoms with Gasteiger partial charge in [0.1, 0.15) is 5.15 Å². The second kappa shape index (κ2) is 6.69. The van der Waals surface area contributed by atoms with E-state index in [-0.39, 0.29) is 0 Å². The highest BCUT2D eigenvalue weighted by Gasteiger charge is 2.04. The molecular formula is C14H17ClN2O. The normalized spacial score (nSPS) is 11.0. The minimum absolute atomic E-state index is 0.577. The van der Waals surface area contributed by atoms with Gasteiger partial charge in [-0.25, -0.2) is 4.98 Å². The quantitative estimate of drug-likeness (QED) is 0.643. The third kappa shape index (κ3) is 3.42. The number of nitrogens with one attached hydrogen (secondary N) is 1. The molecule has 3 nitrogen and oxygen atoms in total. The fourth-order valence-electron chi connectivity index (χ4n) is 1.82. The van der Waals surface area contributed by atoms with E-state index in [0.29, 0.717) is 5.15 Å². The van der Waals surface area contributed by atoms with Gasteiger partial charge >= 0.3 is 0 Å². The predicted octanol–water partition coefficient (Wildman–Crippen LogP) is 3.01. The Morgan fingerprint density at radius 3 is 3.00 bits per heavy atom. The van der Waals surface area contributed by atoms with E-state index in [1.165, 1.54) is 0 Å². The molecule has 1 heterocycles. The van der Waals surface area contributed by atoms with Crippen LogP contribution in [0, 0.1) is 0 Å². The van der Waals surface area contributed by atoms with Gasteiger partial charge in [-0.15, -0.1) is 0 Å². The van der Waals surface area contributed by atoms with Crippen LogP contribution in [-0.4, -0.2) is 25.2 Å². The molecule has 0 aliphatic carbocycles. The average molecular weight is 265 g/mol. The maximum atomic E-state index is 6.17. The number of aromatic nitrogens is 1. The van der Waals surface area contributed by atoms with E-state index < -0.39 is 0 Å².